The molecule has 0 unspecified atom stereocenters. The molecule has 1 rings (SSSR count). The van der Waals surface area contributed by atoms with Crippen molar-refractivity contribution in [3.05, 3.63) is 0 Å². The SMILES string of the molecule is COCCCS(=O)(=O)NCCCN1CCNCC1. The van der Waals surface area contributed by atoms with E-state index >= 15 is 0 Å². The molecule has 1 saturated heterocycles. The summed E-state index contributed by atoms with van der Waals surface area (Å²) in [7, 11) is -1.54. The van der Waals surface area contributed by atoms with Gasteiger partial charge in [-0.3, -0.25) is 0 Å². The summed E-state index contributed by atoms with van der Waals surface area (Å²) in [5.41, 5.74) is 0. The van der Waals surface area contributed by atoms with E-state index in [1.165, 1.54) is 0 Å². The minimum Gasteiger partial charge on any atom is -0.385 e. The van der Waals surface area contributed by atoms with Crippen LogP contribution in [0.3, 0.4) is 0 Å². The number of methoxy groups -OCH3 is 1. The van der Waals surface area contributed by atoms with Crippen molar-refractivity contribution in [2.24, 2.45) is 0 Å². The van der Waals surface area contributed by atoms with Crippen molar-refractivity contribution >= 4 is 10.0 Å². The van der Waals surface area contributed by atoms with Gasteiger partial charge in [0.2, 0.25) is 10.0 Å². The Morgan fingerprint density at radius 2 is 2.00 bits per heavy atom. The van der Waals surface area contributed by atoms with Gasteiger partial charge in [0.25, 0.3) is 0 Å². The first-order valence-corrected chi connectivity index (χ1v) is 8.18. The molecule has 0 saturated carbocycles. The fraction of sp³-hybridized carbons (Fsp3) is 1.00. The van der Waals surface area contributed by atoms with Gasteiger partial charge in [-0.2, -0.15) is 0 Å². The Kier molecular flexibility index (Phi) is 7.76. The molecule has 6 nitrogen and oxygen atoms in total. The smallest absolute Gasteiger partial charge is 0.211 e. The molecule has 0 aromatic heterocycles. The summed E-state index contributed by atoms with van der Waals surface area (Å²) in [6.45, 7) is 6.15. The predicted octanol–water partition coefficient (Wildman–Crippen LogP) is -0.762. The maximum absolute atomic E-state index is 11.6. The highest BCUT2D eigenvalue weighted by molar-refractivity contribution is 7.89. The van der Waals surface area contributed by atoms with Crippen LogP contribution in [0.4, 0.5) is 0 Å². The first kappa shape index (κ1) is 15.8. The van der Waals surface area contributed by atoms with Crippen molar-refractivity contribution < 1.29 is 13.2 Å². The van der Waals surface area contributed by atoms with Gasteiger partial charge in [0.15, 0.2) is 0 Å². The third-order valence-corrected chi connectivity index (χ3v) is 4.41. The van der Waals surface area contributed by atoms with E-state index < -0.39 is 10.0 Å². The molecule has 1 aliphatic rings. The maximum atomic E-state index is 11.6. The standard InChI is InChI=1S/C11H25N3O3S/c1-17-10-3-11-18(15,16)13-4-2-7-14-8-5-12-6-9-14/h12-13H,2-11H2,1H3. The van der Waals surface area contributed by atoms with E-state index in [4.69, 9.17) is 4.74 Å². The van der Waals surface area contributed by atoms with E-state index in [9.17, 15) is 8.42 Å². The van der Waals surface area contributed by atoms with Gasteiger partial charge in [0.05, 0.1) is 5.75 Å². The number of piperazine rings is 1. The van der Waals surface area contributed by atoms with Crippen molar-refractivity contribution in [2.75, 3.05) is 58.7 Å². The quantitative estimate of drug-likeness (QED) is 0.543. The summed E-state index contributed by atoms with van der Waals surface area (Å²) in [5, 5.41) is 3.29. The Hall–Kier alpha value is -0.210. The summed E-state index contributed by atoms with van der Waals surface area (Å²) >= 11 is 0. The number of rotatable bonds is 9. The number of ether oxygens (including phenoxy) is 1. The molecule has 0 bridgehead atoms. The highest BCUT2D eigenvalue weighted by Gasteiger charge is 2.11. The number of nitrogens with zero attached hydrogens (tertiary/aromatic N) is 1. The first-order valence-electron chi connectivity index (χ1n) is 6.53. The summed E-state index contributed by atoms with van der Waals surface area (Å²) in [6.07, 6.45) is 1.41. The summed E-state index contributed by atoms with van der Waals surface area (Å²) in [4.78, 5) is 2.36. The molecular weight excluding hydrogens is 254 g/mol. The fourth-order valence-corrected chi connectivity index (χ4v) is 3.03. The lowest BCUT2D eigenvalue weighted by Gasteiger charge is -2.27. The van der Waals surface area contributed by atoms with E-state index in [0.717, 1.165) is 39.1 Å². The lowest BCUT2D eigenvalue weighted by atomic mass is 10.3. The van der Waals surface area contributed by atoms with Crippen LogP contribution in [-0.2, 0) is 14.8 Å². The summed E-state index contributed by atoms with van der Waals surface area (Å²) in [5.74, 6) is 0.147. The molecule has 0 spiro atoms. The molecule has 18 heavy (non-hydrogen) atoms. The van der Waals surface area contributed by atoms with Gasteiger partial charge in [0.1, 0.15) is 0 Å². The summed E-state index contributed by atoms with van der Waals surface area (Å²) < 4.78 is 30.6. The molecule has 108 valence electrons. The minimum absolute atomic E-state index is 0.147. The number of sulfonamides is 1. The highest BCUT2D eigenvalue weighted by Crippen LogP contribution is 1.95. The Balaban J connectivity index is 2.05. The lowest BCUT2D eigenvalue weighted by Crippen LogP contribution is -2.44. The van der Waals surface area contributed by atoms with Gasteiger partial charge in [-0.05, 0) is 19.4 Å². The van der Waals surface area contributed by atoms with Crippen LogP contribution >= 0.6 is 0 Å². The van der Waals surface area contributed by atoms with Crippen LogP contribution in [0.5, 0.6) is 0 Å². The lowest BCUT2D eigenvalue weighted by molar-refractivity contribution is 0.199. The average Bonchev–Trinajstić information content (AvgIpc) is 2.36. The zero-order valence-electron chi connectivity index (χ0n) is 11.2. The second-order valence-electron chi connectivity index (χ2n) is 4.50. The zero-order chi connectivity index (χ0) is 13.3. The van der Waals surface area contributed by atoms with Crippen LogP contribution in [0.2, 0.25) is 0 Å². The monoisotopic (exact) mass is 279 g/mol. The number of hydrogen-bond donors (Lipinski definition) is 2. The molecule has 0 aromatic carbocycles. The third-order valence-electron chi connectivity index (χ3n) is 2.94. The molecule has 0 radical (unpaired) electrons. The topological polar surface area (TPSA) is 70.7 Å². The molecule has 1 fully saturated rings. The molecule has 1 aliphatic heterocycles. The Labute approximate surface area is 110 Å². The molecular formula is C11H25N3O3S. The van der Waals surface area contributed by atoms with E-state index in [-0.39, 0.29) is 5.75 Å². The van der Waals surface area contributed by atoms with Gasteiger partial charge >= 0.3 is 0 Å². The van der Waals surface area contributed by atoms with E-state index in [1.807, 2.05) is 0 Å². The van der Waals surface area contributed by atoms with Gasteiger partial charge in [-0.25, -0.2) is 13.1 Å². The minimum atomic E-state index is -3.12. The molecule has 0 aromatic rings. The molecule has 2 N–H and O–H groups in total. The van der Waals surface area contributed by atoms with Gasteiger partial charge in [-0.15, -0.1) is 0 Å². The van der Waals surface area contributed by atoms with E-state index in [1.54, 1.807) is 7.11 Å². The Morgan fingerprint density at radius 3 is 2.67 bits per heavy atom. The Bertz CT molecular complexity index is 303. The van der Waals surface area contributed by atoms with Crippen molar-refractivity contribution in [1.82, 2.24) is 14.9 Å². The largest absolute Gasteiger partial charge is 0.385 e. The second kappa shape index (κ2) is 8.82. The highest BCUT2D eigenvalue weighted by atomic mass is 32.2. The van der Waals surface area contributed by atoms with Crippen molar-refractivity contribution in [3.63, 3.8) is 0 Å². The average molecular weight is 279 g/mol. The second-order valence-corrected chi connectivity index (χ2v) is 6.43. The molecule has 0 aliphatic carbocycles. The first-order chi connectivity index (χ1) is 8.64. The van der Waals surface area contributed by atoms with Crippen molar-refractivity contribution in [2.45, 2.75) is 12.8 Å². The molecule has 7 heteroatoms. The van der Waals surface area contributed by atoms with Crippen molar-refractivity contribution in [1.29, 1.82) is 0 Å². The maximum Gasteiger partial charge on any atom is 0.211 e. The van der Waals surface area contributed by atoms with Crippen LogP contribution in [0, 0.1) is 0 Å². The van der Waals surface area contributed by atoms with Crippen molar-refractivity contribution in [3.8, 4) is 0 Å². The normalized spacial score (nSPS) is 18.1. The fourth-order valence-electron chi connectivity index (χ4n) is 1.93. The molecule has 0 atom stereocenters. The molecule has 0 amide bonds. The zero-order valence-corrected chi connectivity index (χ0v) is 12.0. The van der Waals surface area contributed by atoms with Gasteiger partial charge in [-0.1, -0.05) is 0 Å². The van der Waals surface area contributed by atoms with Crippen LogP contribution in [0.15, 0.2) is 0 Å². The van der Waals surface area contributed by atoms with E-state index in [0.29, 0.717) is 19.6 Å². The van der Waals surface area contributed by atoms with Gasteiger partial charge in [0, 0.05) is 46.4 Å². The predicted molar refractivity (Wildman–Crippen MR) is 72.2 cm³/mol. The van der Waals surface area contributed by atoms with Crippen LogP contribution in [0.25, 0.3) is 0 Å². The Morgan fingerprint density at radius 1 is 1.28 bits per heavy atom. The van der Waals surface area contributed by atoms with Crippen LogP contribution < -0.4 is 10.0 Å². The molecule has 1 heterocycles. The number of nitrogens with one attached hydrogen (secondary N) is 2. The van der Waals surface area contributed by atoms with Crippen LogP contribution in [-0.4, -0.2) is 72.1 Å². The van der Waals surface area contributed by atoms with Crippen LogP contribution in [0.1, 0.15) is 12.8 Å². The van der Waals surface area contributed by atoms with Gasteiger partial charge < -0.3 is 15.0 Å². The third kappa shape index (κ3) is 7.27. The number of hydrogen-bond acceptors (Lipinski definition) is 5. The summed E-state index contributed by atoms with van der Waals surface area (Å²) in [6, 6.07) is 0. The van der Waals surface area contributed by atoms with E-state index in [2.05, 4.69) is 14.9 Å².